The van der Waals surface area contributed by atoms with E-state index in [4.69, 9.17) is 0 Å². The number of fused-ring (bicyclic) bond motifs is 2. The van der Waals surface area contributed by atoms with Crippen molar-refractivity contribution < 1.29 is 27.5 Å². The molecule has 2 aromatic carbocycles. The number of anilines is 2. The van der Waals surface area contributed by atoms with Crippen molar-refractivity contribution in [1.82, 2.24) is 30.1 Å². The van der Waals surface area contributed by atoms with Gasteiger partial charge in [-0.15, -0.1) is 13.2 Å². The van der Waals surface area contributed by atoms with E-state index in [0.717, 1.165) is 16.9 Å². The van der Waals surface area contributed by atoms with Crippen LogP contribution in [0, 0.1) is 0 Å². The van der Waals surface area contributed by atoms with Crippen molar-refractivity contribution in [2.45, 2.75) is 6.36 Å². The first kappa shape index (κ1) is 23.7. The molecule has 10 nitrogen and oxygen atoms in total. The van der Waals surface area contributed by atoms with Crippen LogP contribution in [0.3, 0.4) is 0 Å². The lowest BCUT2D eigenvalue weighted by atomic mass is 10.2. The molecule has 3 heterocycles. The molecule has 1 saturated heterocycles. The Morgan fingerprint density at radius 1 is 1.19 bits per heavy atom. The number of urea groups is 1. The Morgan fingerprint density at radius 3 is 2.78 bits per heavy atom. The molecule has 1 fully saturated rings. The number of ether oxygens (including phenoxy) is 1. The molecule has 0 saturated carbocycles. The van der Waals surface area contributed by atoms with Gasteiger partial charge in [-0.1, -0.05) is 11.3 Å². The van der Waals surface area contributed by atoms with E-state index in [1.807, 2.05) is 0 Å². The van der Waals surface area contributed by atoms with E-state index in [1.165, 1.54) is 18.2 Å². The molecule has 0 spiro atoms. The largest absolute Gasteiger partial charge is 0.573 e. The fourth-order valence-electron chi connectivity index (χ4n) is 3.83. The van der Waals surface area contributed by atoms with Gasteiger partial charge >= 0.3 is 12.4 Å². The zero-order chi connectivity index (χ0) is 25.4. The maximum atomic E-state index is 12.6. The van der Waals surface area contributed by atoms with Crippen LogP contribution in [0.1, 0.15) is 10.4 Å². The van der Waals surface area contributed by atoms with Gasteiger partial charge in [-0.2, -0.15) is 0 Å². The Kier molecular flexibility index (Phi) is 6.04. The standard InChI is InChI=1S/C22H20F3N7O3S/c1-31-16-5-2-12(18(33)26-6-8-32-9-7-27-21(32)34)10-15(16)28-19(31)30-20-29-14-4-3-13(11-17(14)36-20)35-22(23,24)25/h2-5,10-11H,6-9H2,1H3,(H,26,33)(H,27,34)(H,28,29,30). The molecule has 0 unspecified atom stereocenters. The first-order valence-electron chi connectivity index (χ1n) is 10.9. The van der Waals surface area contributed by atoms with Crippen molar-refractivity contribution in [3.8, 4) is 5.75 Å². The summed E-state index contributed by atoms with van der Waals surface area (Å²) in [6.07, 6.45) is -4.77. The fourth-order valence-corrected chi connectivity index (χ4v) is 4.72. The van der Waals surface area contributed by atoms with Crippen molar-refractivity contribution in [1.29, 1.82) is 0 Å². The summed E-state index contributed by atoms with van der Waals surface area (Å²) >= 11 is 1.16. The van der Waals surface area contributed by atoms with Gasteiger partial charge in [0.25, 0.3) is 5.91 Å². The van der Waals surface area contributed by atoms with Gasteiger partial charge in [-0.3, -0.25) is 4.79 Å². The lowest BCUT2D eigenvalue weighted by Gasteiger charge is -2.14. The van der Waals surface area contributed by atoms with Crippen molar-refractivity contribution in [2.24, 2.45) is 7.05 Å². The number of benzene rings is 2. The number of halogens is 3. The quantitative estimate of drug-likeness (QED) is 0.344. The predicted octanol–water partition coefficient (Wildman–Crippen LogP) is 3.58. The number of carbonyl (C=O) groups excluding carboxylic acids is 2. The topological polar surface area (TPSA) is 113 Å². The Balaban J connectivity index is 1.29. The van der Waals surface area contributed by atoms with E-state index in [-0.39, 0.29) is 17.7 Å². The number of nitrogens with one attached hydrogen (secondary N) is 3. The summed E-state index contributed by atoms with van der Waals surface area (Å²) in [5, 5.41) is 9.05. The lowest BCUT2D eigenvalue weighted by molar-refractivity contribution is -0.274. The van der Waals surface area contributed by atoms with E-state index in [9.17, 15) is 22.8 Å². The van der Waals surface area contributed by atoms with Crippen LogP contribution in [-0.4, -0.2) is 63.9 Å². The lowest BCUT2D eigenvalue weighted by Crippen LogP contribution is -2.36. The molecule has 4 aromatic rings. The van der Waals surface area contributed by atoms with Crippen LogP contribution in [0.5, 0.6) is 5.75 Å². The Bertz CT molecular complexity index is 1470. The third-order valence-electron chi connectivity index (χ3n) is 5.57. The molecular weight excluding hydrogens is 499 g/mol. The van der Waals surface area contributed by atoms with E-state index in [1.54, 1.807) is 34.7 Å². The van der Waals surface area contributed by atoms with Crippen LogP contribution in [0.4, 0.5) is 29.0 Å². The number of aryl methyl sites for hydroxylation is 1. The van der Waals surface area contributed by atoms with Crippen LogP contribution in [0.25, 0.3) is 21.3 Å². The van der Waals surface area contributed by atoms with Crippen LogP contribution in [0.15, 0.2) is 36.4 Å². The number of alkyl halides is 3. The summed E-state index contributed by atoms with van der Waals surface area (Å²) in [6.45, 7) is 1.96. The second-order valence-corrected chi connectivity index (χ2v) is 9.02. The second-order valence-electron chi connectivity index (χ2n) is 7.99. The van der Waals surface area contributed by atoms with Crippen molar-refractivity contribution in [3.05, 3.63) is 42.0 Å². The first-order valence-corrected chi connectivity index (χ1v) is 11.7. The minimum atomic E-state index is -4.77. The van der Waals surface area contributed by atoms with Crippen LogP contribution < -0.4 is 20.7 Å². The Morgan fingerprint density at radius 2 is 2.03 bits per heavy atom. The highest BCUT2D eigenvalue weighted by Crippen LogP contribution is 2.33. The number of imidazole rings is 1. The van der Waals surface area contributed by atoms with Gasteiger partial charge in [0.2, 0.25) is 5.95 Å². The highest BCUT2D eigenvalue weighted by Gasteiger charge is 2.31. The van der Waals surface area contributed by atoms with Gasteiger partial charge in [0.05, 0.1) is 21.3 Å². The van der Waals surface area contributed by atoms with E-state index in [0.29, 0.717) is 58.6 Å². The van der Waals surface area contributed by atoms with Crippen LogP contribution in [-0.2, 0) is 7.05 Å². The molecule has 0 atom stereocenters. The molecular formula is C22H20F3N7O3S. The summed E-state index contributed by atoms with van der Waals surface area (Å²) in [7, 11) is 1.79. The number of amides is 3. The van der Waals surface area contributed by atoms with Gasteiger partial charge in [0, 0.05) is 44.9 Å². The number of rotatable bonds is 7. The van der Waals surface area contributed by atoms with E-state index in [2.05, 4.69) is 30.7 Å². The summed E-state index contributed by atoms with van der Waals surface area (Å²) < 4.78 is 43.8. The van der Waals surface area contributed by atoms with Crippen molar-refractivity contribution in [3.63, 3.8) is 0 Å². The average molecular weight is 520 g/mol. The minimum Gasteiger partial charge on any atom is -0.406 e. The Labute approximate surface area is 206 Å². The summed E-state index contributed by atoms with van der Waals surface area (Å²) in [5.74, 6) is -0.143. The highest BCUT2D eigenvalue weighted by molar-refractivity contribution is 7.22. The molecule has 3 amide bonds. The number of nitrogens with zero attached hydrogens (tertiary/aromatic N) is 4. The van der Waals surface area contributed by atoms with Gasteiger partial charge < -0.3 is 30.2 Å². The molecule has 5 rings (SSSR count). The molecule has 1 aliphatic rings. The normalized spacial score (nSPS) is 13.9. The van der Waals surface area contributed by atoms with Crippen LogP contribution >= 0.6 is 11.3 Å². The van der Waals surface area contributed by atoms with Crippen molar-refractivity contribution >= 4 is 55.6 Å². The average Bonchev–Trinajstić information content (AvgIpc) is 3.49. The SMILES string of the molecule is Cn1c(Nc2nc3ccc(OC(F)(F)F)cc3s2)nc2cc(C(=O)NCCN3CCNC3=O)ccc21. The highest BCUT2D eigenvalue weighted by atomic mass is 32.1. The summed E-state index contributed by atoms with van der Waals surface area (Å²) in [5.41, 5.74) is 2.29. The number of aromatic nitrogens is 3. The number of hydrogen-bond acceptors (Lipinski definition) is 7. The molecule has 36 heavy (non-hydrogen) atoms. The molecule has 2 aromatic heterocycles. The number of carbonyl (C=O) groups is 2. The molecule has 3 N–H and O–H groups in total. The zero-order valence-electron chi connectivity index (χ0n) is 18.8. The third kappa shape index (κ3) is 4.98. The monoisotopic (exact) mass is 519 g/mol. The minimum absolute atomic E-state index is 0.137. The smallest absolute Gasteiger partial charge is 0.406 e. The van der Waals surface area contributed by atoms with Crippen molar-refractivity contribution in [2.75, 3.05) is 31.5 Å². The number of hydrogen-bond donors (Lipinski definition) is 3. The van der Waals surface area contributed by atoms with Gasteiger partial charge in [-0.05, 0) is 30.3 Å². The van der Waals surface area contributed by atoms with Gasteiger partial charge in [0.15, 0.2) is 5.13 Å². The van der Waals surface area contributed by atoms with E-state index >= 15 is 0 Å². The van der Waals surface area contributed by atoms with Crippen LogP contribution in [0.2, 0.25) is 0 Å². The number of thiazole rings is 1. The first-order chi connectivity index (χ1) is 17.2. The molecule has 14 heteroatoms. The second kappa shape index (κ2) is 9.18. The van der Waals surface area contributed by atoms with Gasteiger partial charge in [0.1, 0.15) is 5.75 Å². The summed E-state index contributed by atoms with van der Waals surface area (Å²) in [6, 6.07) is 8.93. The third-order valence-corrected chi connectivity index (χ3v) is 6.50. The fraction of sp³-hybridized carbons (Fsp3) is 0.273. The molecule has 0 aliphatic carbocycles. The summed E-state index contributed by atoms with van der Waals surface area (Å²) in [4.78, 5) is 34.7. The zero-order valence-corrected chi connectivity index (χ0v) is 19.7. The van der Waals surface area contributed by atoms with E-state index < -0.39 is 6.36 Å². The van der Waals surface area contributed by atoms with Gasteiger partial charge in [-0.25, -0.2) is 14.8 Å². The maximum Gasteiger partial charge on any atom is 0.573 e. The molecule has 0 radical (unpaired) electrons. The predicted molar refractivity (Wildman–Crippen MR) is 128 cm³/mol. The Hall–Kier alpha value is -4.07. The molecule has 188 valence electrons. The maximum absolute atomic E-state index is 12.6. The molecule has 0 bridgehead atoms. The molecule has 1 aliphatic heterocycles.